The Morgan fingerprint density at radius 1 is 1.16 bits per heavy atom. The number of rotatable bonds is 4. The molecule has 1 unspecified atom stereocenters. The van der Waals surface area contributed by atoms with Crippen LogP contribution in [0.1, 0.15) is 29.0 Å². The molecular formula is C16H16ClFO. The Hall–Kier alpha value is -1.54. The zero-order chi connectivity index (χ0) is 13.8. The summed E-state index contributed by atoms with van der Waals surface area (Å²) in [5.41, 5.74) is 2.24. The van der Waals surface area contributed by atoms with E-state index >= 15 is 0 Å². The van der Waals surface area contributed by atoms with E-state index in [1.54, 1.807) is 6.07 Å². The molecule has 0 saturated carbocycles. The molecule has 3 heteroatoms. The van der Waals surface area contributed by atoms with Gasteiger partial charge in [0.2, 0.25) is 0 Å². The van der Waals surface area contributed by atoms with Crippen LogP contribution in [0.2, 0.25) is 0 Å². The first kappa shape index (κ1) is 13.9. The van der Waals surface area contributed by atoms with Crippen LogP contribution in [0.15, 0.2) is 42.5 Å². The second-order valence-corrected chi connectivity index (χ2v) is 4.83. The Kier molecular flexibility index (Phi) is 4.43. The largest absolute Gasteiger partial charge is 0.494 e. The van der Waals surface area contributed by atoms with E-state index in [0.717, 1.165) is 16.9 Å². The highest BCUT2D eigenvalue weighted by Crippen LogP contribution is 2.31. The summed E-state index contributed by atoms with van der Waals surface area (Å²) < 4.78 is 19.2. The quantitative estimate of drug-likeness (QED) is 0.726. The average Bonchev–Trinajstić information content (AvgIpc) is 2.39. The molecule has 0 aromatic heterocycles. The van der Waals surface area contributed by atoms with E-state index in [1.165, 1.54) is 6.07 Å². The third-order valence-electron chi connectivity index (χ3n) is 2.91. The number of hydrogen-bond donors (Lipinski definition) is 0. The molecule has 2 rings (SSSR count). The summed E-state index contributed by atoms with van der Waals surface area (Å²) in [5, 5.41) is -0.490. The first-order valence-corrected chi connectivity index (χ1v) is 6.68. The van der Waals surface area contributed by atoms with Gasteiger partial charge in [-0.1, -0.05) is 24.3 Å². The maximum Gasteiger partial charge on any atom is 0.128 e. The molecule has 2 aromatic carbocycles. The fourth-order valence-corrected chi connectivity index (χ4v) is 2.24. The van der Waals surface area contributed by atoms with Crippen LogP contribution in [-0.4, -0.2) is 6.61 Å². The van der Waals surface area contributed by atoms with Crippen LogP contribution >= 0.6 is 11.6 Å². The molecule has 0 amide bonds. The van der Waals surface area contributed by atoms with Gasteiger partial charge in [0.25, 0.3) is 0 Å². The molecule has 0 heterocycles. The van der Waals surface area contributed by atoms with Crippen molar-refractivity contribution in [3.8, 4) is 5.75 Å². The van der Waals surface area contributed by atoms with Crippen molar-refractivity contribution in [3.05, 3.63) is 65.0 Å². The minimum absolute atomic E-state index is 0.270. The summed E-state index contributed by atoms with van der Waals surface area (Å²) in [6.07, 6.45) is 0. The molecule has 0 bridgehead atoms. The Balaban J connectivity index is 2.25. The summed E-state index contributed by atoms with van der Waals surface area (Å²) in [6.45, 7) is 4.41. The van der Waals surface area contributed by atoms with Gasteiger partial charge in [-0.25, -0.2) is 4.39 Å². The molecule has 0 fully saturated rings. The smallest absolute Gasteiger partial charge is 0.128 e. The van der Waals surface area contributed by atoms with E-state index in [-0.39, 0.29) is 5.82 Å². The highest BCUT2D eigenvalue weighted by molar-refractivity contribution is 6.22. The molecule has 0 spiro atoms. The summed E-state index contributed by atoms with van der Waals surface area (Å²) in [7, 11) is 0. The fourth-order valence-electron chi connectivity index (χ4n) is 1.92. The molecule has 0 aliphatic rings. The van der Waals surface area contributed by atoms with Crippen LogP contribution in [0.25, 0.3) is 0 Å². The topological polar surface area (TPSA) is 9.23 Å². The van der Waals surface area contributed by atoms with Crippen LogP contribution in [0.3, 0.4) is 0 Å². The van der Waals surface area contributed by atoms with E-state index in [4.69, 9.17) is 16.3 Å². The van der Waals surface area contributed by atoms with E-state index in [2.05, 4.69) is 0 Å². The maximum absolute atomic E-state index is 13.9. The summed E-state index contributed by atoms with van der Waals surface area (Å²) >= 11 is 6.34. The van der Waals surface area contributed by atoms with Gasteiger partial charge >= 0.3 is 0 Å². The lowest BCUT2D eigenvalue weighted by atomic mass is 10.0. The van der Waals surface area contributed by atoms with Gasteiger partial charge in [0.1, 0.15) is 11.6 Å². The number of benzene rings is 2. The SMILES string of the molecule is CCOc1ccc(C(Cl)c2ccc(C)cc2F)cc1. The van der Waals surface area contributed by atoms with Crippen LogP contribution in [0.4, 0.5) is 4.39 Å². The lowest BCUT2D eigenvalue weighted by Crippen LogP contribution is -1.98. The summed E-state index contributed by atoms with van der Waals surface area (Å²) in [5.74, 6) is 0.522. The van der Waals surface area contributed by atoms with Crippen LogP contribution in [-0.2, 0) is 0 Å². The highest BCUT2D eigenvalue weighted by Gasteiger charge is 2.15. The third kappa shape index (κ3) is 3.27. The monoisotopic (exact) mass is 278 g/mol. The summed E-state index contributed by atoms with van der Waals surface area (Å²) in [4.78, 5) is 0. The van der Waals surface area contributed by atoms with Crippen molar-refractivity contribution < 1.29 is 9.13 Å². The minimum atomic E-state index is -0.490. The molecule has 100 valence electrons. The Labute approximate surface area is 118 Å². The first-order valence-electron chi connectivity index (χ1n) is 6.24. The van der Waals surface area contributed by atoms with Crippen molar-refractivity contribution >= 4 is 11.6 Å². The van der Waals surface area contributed by atoms with E-state index in [9.17, 15) is 4.39 Å². The Morgan fingerprint density at radius 3 is 2.42 bits per heavy atom. The molecule has 2 aromatic rings. The predicted molar refractivity (Wildman–Crippen MR) is 76.4 cm³/mol. The third-order valence-corrected chi connectivity index (χ3v) is 3.40. The van der Waals surface area contributed by atoms with Gasteiger partial charge in [-0.05, 0) is 43.2 Å². The zero-order valence-corrected chi connectivity index (χ0v) is 11.7. The van der Waals surface area contributed by atoms with Gasteiger partial charge < -0.3 is 4.74 Å². The Morgan fingerprint density at radius 2 is 1.84 bits per heavy atom. The molecule has 19 heavy (non-hydrogen) atoms. The molecule has 0 aliphatic heterocycles. The lowest BCUT2D eigenvalue weighted by Gasteiger charge is -2.12. The molecule has 0 radical (unpaired) electrons. The van der Waals surface area contributed by atoms with Gasteiger partial charge in [0, 0.05) is 5.56 Å². The predicted octanol–water partition coefficient (Wildman–Crippen LogP) is 4.86. The molecular weight excluding hydrogens is 263 g/mol. The maximum atomic E-state index is 13.9. The fraction of sp³-hybridized carbons (Fsp3) is 0.250. The van der Waals surface area contributed by atoms with E-state index in [0.29, 0.717) is 12.2 Å². The van der Waals surface area contributed by atoms with E-state index in [1.807, 2.05) is 44.2 Å². The van der Waals surface area contributed by atoms with Crippen molar-refractivity contribution in [3.63, 3.8) is 0 Å². The average molecular weight is 279 g/mol. The minimum Gasteiger partial charge on any atom is -0.494 e. The lowest BCUT2D eigenvalue weighted by molar-refractivity contribution is 0.340. The zero-order valence-electron chi connectivity index (χ0n) is 11.0. The van der Waals surface area contributed by atoms with Crippen molar-refractivity contribution in [2.75, 3.05) is 6.61 Å². The van der Waals surface area contributed by atoms with Crippen molar-refractivity contribution in [2.45, 2.75) is 19.2 Å². The van der Waals surface area contributed by atoms with E-state index < -0.39 is 5.38 Å². The van der Waals surface area contributed by atoms with Gasteiger partial charge in [0.05, 0.1) is 12.0 Å². The highest BCUT2D eigenvalue weighted by atomic mass is 35.5. The number of aryl methyl sites for hydroxylation is 1. The second kappa shape index (κ2) is 6.07. The molecule has 0 N–H and O–H groups in total. The molecule has 1 nitrogen and oxygen atoms in total. The molecule has 0 aliphatic carbocycles. The van der Waals surface area contributed by atoms with Gasteiger partial charge in [-0.2, -0.15) is 0 Å². The normalized spacial score (nSPS) is 12.2. The van der Waals surface area contributed by atoms with Gasteiger partial charge in [-0.3, -0.25) is 0 Å². The van der Waals surface area contributed by atoms with Crippen molar-refractivity contribution in [2.24, 2.45) is 0 Å². The standard InChI is InChI=1S/C16H16ClFO/c1-3-19-13-7-5-12(6-8-13)16(17)14-9-4-11(2)10-15(14)18/h4-10,16H,3H2,1-2H3. The van der Waals surface area contributed by atoms with Crippen molar-refractivity contribution in [1.82, 2.24) is 0 Å². The number of ether oxygens (including phenoxy) is 1. The Bertz CT molecular complexity index is 551. The van der Waals surface area contributed by atoms with Crippen molar-refractivity contribution in [1.29, 1.82) is 0 Å². The molecule has 1 atom stereocenters. The number of halogens is 2. The van der Waals surface area contributed by atoms with Crippen LogP contribution < -0.4 is 4.74 Å². The second-order valence-electron chi connectivity index (χ2n) is 4.39. The van der Waals surface area contributed by atoms with Crippen LogP contribution in [0.5, 0.6) is 5.75 Å². The van der Waals surface area contributed by atoms with Crippen LogP contribution in [0, 0.1) is 12.7 Å². The van der Waals surface area contributed by atoms with Gasteiger partial charge in [-0.15, -0.1) is 11.6 Å². The summed E-state index contributed by atoms with van der Waals surface area (Å²) in [6, 6.07) is 12.5. The first-order chi connectivity index (χ1) is 9.11. The van der Waals surface area contributed by atoms with Gasteiger partial charge in [0.15, 0.2) is 0 Å². The number of alkyl halides is 1. The molecule has 0 saturated heterocycles. The number of hydrogen-bond acceptors (Lipinski definition) is 1.